The van der Waals surface area contributed by atoms with Gasteiger partial charge >= 0.3 is 6.03 Å². The molecule has 3 rings (SSSR count). The van der Waals surface area contributed by atoms with E-state index in [1.807, 2.05) is 47.2 Å². The third kappa shape index (κ3) is 2.34. The highest BCUT2D eigenvalue weighted by molar-refractivity contribution is 7.17. The first kappa shape index (κ1) is 12.6. The van der Waals surface area contributed by atoms with Crippen molar-refractivity contribution in [3.8, 4) is 11.3 Å². The Morgan fingerprint density at radius 2 is 2.05 bits per heavy atom. The molecule has 0 aliphatic heterocycles. The minimum Gasteiger partial charge on any atom is -0.455 e. The predicted molar refractivity (Wildman–Crippen MR) is 77.8 cm³/mol. The number of carbonyl (C=O) groups is 1. The molecule has 1 aromatic carbocycles. The van der Waals surface area contributed by atoms with Gasteiger partial charge in [0, 0.05) is 11.6 Å². The molecule has 0 bridgehead atoms. The second kappa shape index (κ2) is 5.28. The van der Waals surface area contributed by atoms with Gasteiger partial charge in [0.05, 0.1) is 10.1 Å². The Balaban J connectivity index is 2.26. The molecule has 20 heavy (non-hydrogen) atoms. The van der Waals surface area contributed by atoms with Crippen LogP contribution in [0.15, 0.2) is 57.3 Å². The first-order valence-electron chi connectivity index (χ1n) is 5.90. The summed E-state index contributed by atoms with van der Waals surface area (Å²) in [6.07, 6.45) is 0. The Morgan fingerprint density at radius 1 is 1.25 bits per heavy atom. The number of urea groups is 1. The van der Waals surface area contributed by atoms with Crippen molar-refractivity contribution in [3.63, 3.8) is 0 Å². The number of rotatable bonds is 1. The van der Waals surface area contributed by atoms with E-state index in [9.17, 15) is 4.79 Å². The lowest BCUT2D eigenvalue weighted by molar-refractivity contribution is 0.249. The van der Waals surface area contributed by atoms with Crippen LogP contribution in [0.5, 0.6) is 0 Å². The Bertz CT molecular complexity index is 821. The van der Waals surface area contributed by atoms with Crippen LogP contribution in [0.3, 0.4) is 0 Å². The zero-order chi connectivity index (χ0) is 13.9. The van der Waals surface area contributed by atoms with Crippen molar-refractivity contribution in [1.82, 2.24) is 5.43 Å². The molecule has 3 aromatic rings. The number of hydrogen-bond acceptors (Lipinski definition) is 4. The molecule has 0 aliphatic rings. The van der Waals surface area contributed by atoms with E-state index in [1.54, 1.807) is 6.07 Å². The summed E-state index contributed by atoms with van der Waals surface area (Å²) in [6, 6.07) is 12.6. The highest BCUT2D eigenvalue weighted by Crippen LogP contribution is 2.24. The number of nitrogens with zero attached hydrogens (tertiary/aromatic N) is 1. The quantitative estimate of drug-likeness (QED) is 0.410. The van der Waals surface area contributed by atoms with Crippen LogP contribution in [0.25, 0.3) is 21.6 Å². The van der Waals surface area contributed by atoms with Gasteiger partial charge in [-0.15, -0.1) is 11.3 Å². The van der Waals surface area contributed by atoms with Crippen molar-refractivity contribution in [2.24, 2.45) is 10.8 Å². The number of thiophene rings is 1. The Kier molecular flexibility index (Phi) is 3.32. The fourth-order valence-electron chi connectivity index (χ4n) is 1.87. The average Bonchev–Trinajstić information content (AvgIpc) is 2.96. The minimum absolute atomic E-state index is 0.544. The maximum Gasteiger partial charge on any atom is 0.355 e. The maximum atomic E-state index is 11.4. The van der Waals surface area contributed by atoms with E-state index in [4.69, 9.17) is 10.3 Å². The number of benzene rings is 1. The van der Waals surface area contributed by atoms with Crippen LogP contribution in [0, 0.1) is 0 Å². The van der Waals surface area contributed by atoms with Crippen LogP contribution in [0.2, 0.25) is 0 Å². The SMILES string of the molecule is NNC(=O)/N=c1\cc(-c2ccccc2)oc2ccsc12. The predicted octanol–water partition coefficient (Wildman–Crippen LogP) is 2.65. The molecule has 3 N–H and O–H groups in total. The van der Waals surface area contributed by atoms with E-state index in [0.29, 0.717) is 16.7 Å². The number of carbonyl (C=O) groups excluding carboxylic acids is 1. The molecule has 0 aliphatic carbocycles. The zero-order valence-corrected chi connectivity index (χ0v) is 11.2. The lowest BCUT2D eigenvalue weighted by Crippen LogP contribution is -2.28. The fourth-order valence-corrected chi connectivity index (χ4v) is 2.65. The van der Waals surface area contributed by atoms with Crippen LogP contribution < -0.4 is 16.6 Å². The normalized spacial score (nSPS) is 11.8. The number of hydrazine groups is 1. The molecule has 2 amide bonds. The Hall–Kier alpha value is -2.44. The van der Waals surface area contributed by atoms with Crippen molar-refractivity contribution in [1.29, 1.82) is 0 Å². The molecule has 0 spiro atoms. The molecule has 6 heteroatoms. The van der Waals surface area contributed by atoms with E-state index >= 15 is 0 Å². The van der Waals surface area contributed by atoms with Gasteiger partial charge in [0.15, 0.2) is 0 Å². The topological polar surface area (TPSA) is 80.6 Å². The Labute approximate surface area is 118 Å². The van der Waals surface area contributed by atoms with Crippen molar-refractivity contribution in [2.45, 2.75) is 0 Å². The number of nitrogens with one attached hydrogen (secondary N) is 1. The standard InChI is InChI=1S/C14H11N3O2S/c15-17-14(18)16-10-8-12(9-4-2-1-3-5-9)19-11-6-7-20-13(10)11/h1-8H,15H2,(H,17,18)/b16-10+. The van der Waals surface area contributed by atoms with Gasteiger partial charge in [-0.1, -0.05) is 30.3 Å². The summed E-state index contributed by atoms with van der Waals surface area (Å²) >= 11 is 1.46. The number of amides is 2. The molecule has 2 aromatic heterocycles. The first-order chi connectivity index (χ1) is 9.78. The van der Waals surface area contributed by atoms with Crippen molar-refractivity contribution in [3.05, 3.63) is 53.2 Å². The van der Waals surface area contributed by atoms with Gasteiger partial charge in [-0.2, -0.15) is 4.99 Å². The Morgan fingerprint density at radius 3 is 2.80 bits per heavy atom. The smallest absolute Gasteiger partial charge is 0.355 e. The molecular formula is C14H11N3O2S. The summed E-state index contributed by atoms with van der Waals surface area (Å²) < 4.78 is 6.64. The lowest BCUT2D eigenvalue weighted by Gasteiger charge is -2.01. The minimum atomic E-state index is -0.593. The molecule has 0 unspecified atom stereocenters. The van der Waals surface area contributed by atoms with Crippen molar-refractivity contribution in [2.75, 3.05) is 0 Å². The van der Waals surface area contributed by atoms with E-state index in [-0.39, 0.29) is 0 Å². The number of fused-ring (bicyclic) bond motifs is 1. The van der Waals surface area contributed by atoms with Gasteiger partial charge in [0.25, 0.3) is 0 Å². The van der Waals surface area contributed by atoms with Gasteiger partial charge in [0.2, 0.25) is 0 Å². The van der Waals surface area contributed by atoms with E-state index in [1.165, 1.54) is 11.3 Å². The van der Waals surface area contributed by atoms with Crippen LogP contribution >= 0.6 is 11.3 Å². The van der Waals surface area contributed by atoms with Crippen LogP contribution in [0.4, 0.5) is 4.79 Å². The van der Waals surface area contributed by atoms with E-state index in [0.717, 1.165) is 10.3 Å². The molecule has 2 heterocycles. The zero-order valence-electron chi connectivity index (χ0n) is 10.4. The summed E-state index contributed by atoms with van der Waals surface area (Å²) in [7, 11) is 0. The summed E-state index contributed by atoms with van der Waals surface area (Å²) in [5.41, 5.74) is 3.61. The average molecular weight is 285 g/mol. The summed E-state index contributed by atoms with van der Waals surface area (Å²) in [4.78, 5) is 15.3. The molecule has 0 saturated heterocycles. The molecule has 0 radical (unpaired) electrons. The van der Waals surface area contributed by atoms with Gasteiger partial charge in [-0.3, -0.25) is 5.43 Å². The van der Waals surface area contributed by atoms with Gasteiger partial charge < -0.3 is 4.42 Å². The maximum absolute atomic E-state index is 11.4. The molecule has 0 saturated carbocycles. The highest BCUT2D eigenvalue weighted by Gasteiger charge is 2.07. The van der Waals surface area contributed by atoms with Crippen LogP contribution in [0.1, 0.15) is 0 Å². The molecule has 100 valence electrons. The summed E-state index contributed by atoms with van der Waals surface area (Å²) in [6.45, 7) is 0. The number of hydrogen-bond donors (Lipinski definition) is 2. The summed E-state index contributed by atoms with van der Waals surface area (Å²) in [5, 5.41) is 2.44. The van der Waals surface area contributed by atoms with E-state index in [2.05, 4.69) is 4.99 Å². The largest absolute Gasteiger partial charge is 0.455 e. The lowest BCUT2D eigenvalue weighted by atomic mass is 10.1. The van der Waals surface area contributed by atoms with Gasteiger partial charge in [-0.05, 0) is 11.4 Å². The third-order valence-corrected chi connectivity index (χ3v) is 3.67. The van der Waals surface area contributed by atoms with Gasteiger partial charge in [0.1, 0.15) is 11.3 Å². The fraction of sp³-hybridized carbons (Fsp3) is 0. The van der Waals surface area contributed by atoms with Crippen molar-refractivity contribution < 1.29 is 9.21 Å². The number of nitrogens with two attached hydrogens (primary N) is 1. The monoisotopic (exact) mass is 285 g/mol. The molecule has 5 nitrogen and oxygen atoms in total. The first-order valence-corrected chi connectivity index (χ1v) is 6.78. The van der Waals surface area contributed by atoms with Gasteiger partial charge in [-0.25, -0.2) is 10.6 Å². The molecule has 0 atom stereocenters. The van der Waals surface area contributed by atoms with Crippen LogP contribution in [-0.4, -0.2) is 6.03 Å². The highest BCUT2D eigenvalue weighted by atomic mass is 32.1. The molecular weight excluding hydrogens is 274 g/mol. The third-order valence-electron chi connectivity index (χ3n) is 2.75. The second-order valence-corrected chi connectivity index (χ2v) is 4.95. The van der Waals surface area contributed by atoms with E-state index < -0.39 is 6.03 Å². The van der Waals surface area contributed by atoms with Crippen LogP contribution in [-0.2, 0) is 0 Å². The summed E-state index contributed by atoms with van der Waals surface area (Å²) in [5.74, 6) is 5.73. The second-order valence-electron chi connectivity index (χ2n) is 4.04. The molecule has 0 fully saturated rings. The van der Waals surface area contributed by atoms with Crippen molar-refractivity contribution >= 4 is 27.7 Å².